The lowest BCUT2D eigenvalue weighted by Crippen LogP contribution is -2.26. The lowest BCUT2D eigenvalue weighted by Gasteiger charge is -2.13. The van der Waals surface area contributed by atoms with Crippen molar-refractivity contribution in [1.29, 1.82) is 0 Å². The average Bonchev–Trinajstić information content (AvgIpc) is 2.76. The molecule has 0 bridgehead atoms. The summed E-state index contributed by atoms with van der Waals surface area (Å²) >= 11 is 3.31. The predicted octanol–water partition coefficient (Wildman–Crippen LogP) is 3.58. The minimum absolute atomic E-state index is 0.0137. The second-order valence-electron chi connectivity index (χ2n) is 4.34. The molecule has 1 unspecified atom stereocenters. The number of hydrogen-bond acceptors (Lipinski definition) is 1. The summed E-state index contributed by atoms with van der Waals surface area (Å²) in [5, 5.41) is 2.95. The minimum Gasteiger partial charge on any atom is -0.356 e. The van der Waals surface area contributed by atoms with Crippen molar-refractivity contribution in [3.63, 3.8) is 0 Å². The van der Waals surface area contributed by atoms with Crippen molar-refractivity contribution in [3.8, 4) is 0 Å². The van der Waals surface area contributed by atoms with Crippen LogP contribution in [0.4, 0.5) is 0 Å². The van der Waals surface area contributed by atoms with Crippen LogP contribution in [0.3, 0.4) is 0 Å². The molecule has 1 amide bonds. The summed E-state index contributed by atoms with van der Waals surface area (Å²) in [6.07, 6.45) is 1.74. The highest BCUT2D eigenvalue weighted by Gasteiger charge is 2.12. The molecule has 0 spiro atoms. The van der Waals surface area contributed by atoms with Crippen molar-refractivity contribution in [2.45, 2.75) is 19.9 Å². The molecule has 1 heterocycles. The van der Waals surface area contributed by atoms with Gasteiger partial charge in [-0.2, -0.15) is 0 Å². The van der Waals surface area contributed by atoms with Gasteiger partial charge in [-0.3, -0.25) is 4.79 Å². The smallest absolute Gasteiger partial charge is 0.268 e. The van der Waals surface area contributed by atoms with Crippen molar-refractivity contribution in [2.24, 2.45) is 0 Å². The highest BCUT2D eigenvalue weighted by Crippen LogP contribution is 2.15. The number of halogens is 1. The van der Waals surface area contributed by atoms with Gasteiger partial charge in [0.15, 0.2) is 0 Å². The number of aryl methyl sites for hydroxylation is 1. The first-order valence-electron chi connectivity index (χ1n) is 5.77. The molecule has 2 aromatic rings. The van der Waals surface area contributed by atoms with Crippen LogP contribution in [0.25, 0.3) is 0 Å². The van der Waals surface area contributed by atoms with Crippen molar-refractivity contribution < 1.29 is 4.79 Å². The van der Waals surface area contributed by atoms with Crippen LogP contribution in [-0.2, 0) is 0 Å². The fourth-order valence-corrected chi connectivity index (χ4v) is 2.06. The Hall–Kier alpha value is -1.55. The van der Waals surface area contributed by atoms with Gasteiger partial charge in [-0.05, 0) is 41.4 Å². The molecule has 2 rings (SSSR count). The lowest BCUT2D eigenvalue weighted by molar-refractivity contribution is 0.0935. The number of H-pyrrole nitrogens is 1. The first-order chi connectivity index (χ1) is 8.56. The van der Waals surface area contributed by atoms with Gasteiger partial charge in [0, 0.05) is 10.7 Å². The van der Waals surface area contributed by atoms with Crippen LogP contribution >= 0.6 is 15.9 Å². The molecule has 0 saturated carbocycles. The van der Waals surface area contributed by atoms with Crippen molar-refractivity contribution in [3.05, 3.63) is 57.8 Å². The zero-order valence-electron chi connectivity index (χ0n) is 10.3. The Bertz CT molecular complexity index is 545. The van der Waals surface area contributed by atoms with Crippen LogP contribution in [0.5, 0.6) is 0 Å². The Morgan fingerprint density at radius 3 is 2.56 bits per heavy atom. The predicted molar refractivity (Wildman–Crippen MR) is 75.6 cm³/mol. The van der Waals surface area contributed by atoms with Gasteiger partial charge in [-0.25, -0.2) is 0 Å². The molecule has 0 aliphatic heterocycles. The van der Waals surface area contributed by atoms with Gasteiger partial charge in [-0.15, -0.1) is 0 Å². The number of carbonyl (C=O) groups is 1. The van der Waals surface area contributed by atoms with E-state index in [1.165, 1.54) is 5.56 Å². The lowest BCUT2D eigenvalue weighted by atomic mass is 10.1. The van der Waals surface area contributed by atoms with E-state index in [9.17, 15) is 4.79 Å². The maximum Gasteiger partial charge on any atom is 0.268 e. The molecule has 0 radical (unpaired) electrons. The Labute approximate surface area is 115 Å². The Kier molecular flexibility index (Phi) is 3.87. The molecule has 1 aromatic heterocycles. The summed E-state index contributed by atoms with van der Waals surface area (Å²) in [6, 6.07) is 9.90. The molecule has 0 aliphatic rings. The van der Waals surface area contributed by atoms with E-state index in [-0.39, 0.29) is 11.9 Å². The zero-order valence-corrected chi connectivity index (χ0v) is 11.9. The third-order valence-electron chi connectivity index (χ3n) is 2.82. The minimum atomic E-state index is -0.103. The summed E-state index contributed by atoms with van der Waals surface area (Å²) in [5.41, 5.74) is 2.87. The van der Waals surface area contributed by atoms with Crippen molar-refractivity contribution in [1.82, 2.24) is 10.3 Å². The zero-order chi connectivity index (χ0) is 13.1. The molecule has 0 saturated heterocycles. The van der Waals surface area contributed by atoms with Crippen LogP contribution in [0.1, 0.15) is 34.6 Å². The molecular weight excluding hydrogens is 292 g/mol. The number of aromatic nitrogens is 1. The van der Waals surface area contributed by atoms with E-state index < -0.39 is 0 Å². The van der Waals surface area contributed by atoms with Gasteiger partial charge in [0.2, 0.25) is 0 Å². The fourth-order valence-electron chi connectivity index (χ4n) is 1.71. The summed E-state index contributed by atoms with van der Waals surface area (Å²) in [4.78, 5) is 14.9. The third kappa shape index (κ3) is 3.01. The Morgan fingerprint density at radius 1 is 1.33 bits per heavy atom. The number of benzene rings is 1. The van der Waals surface area contributed by atoms with Crippen molar-refractivity contribution in [2.75, 3.05) is 0 Å². The van der Waals surface area contributed by atoms with Gasteiger partial charge in [0.05, 0.1) is 6.04 Å². The largest absolute Gasteiger partial charge is 0.356 e. The van der Waals surface area contributed by atoms with E-state index in [0.29, 0.717) is 5.69 Å². The van der Waals surface area contributed by atoms with E-state index in [2.05, 4.69) is 26.2 Å². The molecule has 94 valence electrons. The average molecular weight is 307 g/mol. The van der Waals surface area contributed by atoms with Gasteiger partial charge in [-0.1, -0.05) is 29.8 Å². The molecule has 0 fully saturated rings. The molecule has 2 N–H and O–H groups in total. The number of hydrogen-bond donors (Lipinski definition) is 2. The quantitative estimate of drug-likeness (QED) is 0.894. The molecular formula is C14H15BrN2O. The van der Waals surface area contributed by atoms with E-state index in [4.69, 9.17) is 0 Å². The molecule has 1 aromatic carbocycles. The maximum atomic E-state index is 11.9. The SMILES string of the molecule is Cc1ccc(C(C)NC(=O)c2cc(Br)c[nH]2)cc1. The highest BCUT2D eigenvalue weighted by atomic mass is 79.9. The maximum absolute atomic E-state index is 11.9. The third-order valence-corrected chi connectivity index (χ3v) is 3.28. The Morgan fingerprint density at radius 2 is 2.00 bits per heavy atom. The van der Waals surface area contributed by atoms with Gasteiger partial charge < -0.3 is 10.3 Å². The summed E-state index contributed by atoms with van der Waals surface area (Å²) < 4.78 is 0.871. The van der Waals surface area contributed by atoms with Crippen LogP contribution in [0, 0.1) is 6.92 Å². The topological polar surface area (TPSA) is 44.9 Å². The van der Waals surface area contributed by atoms with Crippen LogP contribution in [0.15, 0.2) is 41.0 Å². The second kappa shape index (κ2) is 5.40. The fraction of sp³-hybridized carbons (Fsp3) is 0.214. The standard InChI is InChI=1S/C14H15BrN2O/c1-9-3-5-11(6-4-9)10(2)17-14(18)13-7-12(15)8-16-13/h3-8,10,16H,1-2H3,(H,17,18). The number of rotatable bonds is 3. The molecule has 3 nitrogen and oxygen atoms in total. The summed E-state index contributed by atoms with van der Waals surface area (Å²) in [6.45, 7) is 4.02. The Balaban J connectivity index is 2.05. The number of nitrogens with one attached hydrogen (secondary N) is 2. The van der Waals surface area contributed by atoms with Gasteiger partial charge in [0.25, 0.3) is 5.91 Å². The van der Waals surface area contributed by atoms with Crippen LogP contribution in [-0.4, -0.2) is 10.9 Å². The van der Waals surface area contributed by atoms with Crippen LogP contribution < -0.4 is 5.32 Å². The van der Waals surface area contributed by atoms with E-state index in [0.717, 1.165) is 10.0 Å². The van der Waals surface area contributed by atoms with E-state index in [1.807, 2.05) is 38.1 Å². The molecule has 0 aliphatic carbocycles. The number of carbonyl (C=O) groups excluding carboxylic acids is 1. The summed E-state index contributed by atoms with van der Waals surface area (Å²) in [5.74, 6) is -0.103. The van der Waals surface area contributed by atoms with Crippen LogP contribution in [0.2, 0.25) is 0 Å². The van der Waals surface area contributed by atoms with E-state index >= 15 is 0 Å². The number of amides is 1. The van der Waals surface area contributed by atoms with Gasteiger partial charge in [0.1, 0.15) is 5.69 Å². The second-order valence-corrected chi connectivity index (χ2v) is 5.25. The molecule has 18 heavy (non-hydrogen) atoms. The molecule has 4 heteroatoms. The van der Waals surface area contributed by atoms with Crippen molar-refractivity contribution >= 4 is 21.8 Å². The first kappa shape index (κ1) is 12.9. The van der Waals surface area contributed by atoms with Gasteiger partial charge >= 0.3 is 0 Å². The first-order valence-corrected chi connectivity index (χ1v) is 6.57. The normalized spacial score (nSPS) is 12.2. The number of aromatic amines is 1. The molecule has 1 atom stereocenters. The summed E-state index contributed by atoms with van der Waals surface area (Å²) in [7, 11) is 0. The monoisotopic (exact) mass is 306 g/mol. The van der Waals surface area contributed by atoms with E-state index in [1.54, 1.807) is 12.3 Å². The highest BCUT2D eigenvalue weighted by molar-refractivity contribution is 9.10.